The molecule has 0 aliphatic carbocycles. The average Bonchev–Trinajstić information content (AvgIpc) is 2.72. The SMILES string of the molecule is Cc1nn(C)c(Cl)c1/C=C/C(=O)Nc1ccc(CC#N)cc1. The first-order valence-electron chi connectivity index (χ1n) is 6.65. The van der Waals surface area contributed by atoms with E-state index < -0.39 is 0 Å². The van der Waals surface area contributed by atoms with Crippen molar-refractivity contribution in [1.29, 1.82) is 5.26 Å². The fourth-order valence-electron chi connectivity index (χ4n) is 1.98. The van der Waals surface area contributed by atoms with E-state index in [0.717, 1.165) is 16.8 Å². The van der Waals surface area contributed by atoms with Crippen LogP contribution in [0.4, 0.5) is 5.69 Å². The molecule has 0 unspecified atom stereocenters. The van der Waals surface area contributed by atoms with Crippen molar-refractivity contribution in [3.63, 3.8) is 0 Å². The molecule has 0 saturated carbocycles. The number of amides is 1. The Morgan fingerprint density at radius 3 is 2.68 bits per heavy atom. The van der Waals surface area contributed by atoms with Crippen molar-refractivity contribution in [2.75, 3.05) is 5.32 Å². The first kappa shape index (κ1) is 15.8. The molecule has 0 aliphatic heterocycles. The number of hydrogen-bond acceptors (Lipinski definition) is 3. The van der Waals surface area contributed by atoms with Crippen molar-refractivity contribution in [3.05, 3.63) is 52.3 Å². The van der Waals surface area contributed by atoms with E-state index in [1.165, 1.54) is 6.08 Å². The molecule has 1 aromatic heterocycles. The molecule has 1 heterocycles. The van der Waals surface area contributed by atoms with Gasteiger partial charge in [-0.25, -0.2) is 0 Å². The Hall–Kier alpha value is -2.58. The van der Waals surface area contributed by atoms with Gasteiger partial charge in [0.05, 0.1) is 18.2 Å². The summed E-state index contributed by atoms with van der Waals surface area (Å²) in [5.41, 5.74) is 3.07. The second-order valence-corrected chi connectivity index (χ2v) is 5.13. The predicted octanol–water partition coefficient (Wildman–Crippen LogP) is 3.10. The zero-order chi connectivity index (χ0) is 16.1. The van der Waals surface area contributed by atoms with Crippen molar-refractivity contribution >= 4 is 29.3 Å². The van der Waals surface area contributed by atoms with Gasteiger partial charge in [-0.3, -0.25) is 9.48 Å². The van der Waals surface area contributed by atoms with E-state index in [1.54, 1.807) is 29.9 Å². The molecule has 0 radical (unpaired) electrons. The van der Waals surface area contributed by atoms with E-state index in [1.807, 2.05) is 19.1 Å². The quantitative estimate of drug-likeness (QED) is 0.881. The first-order chi connectivity index (χ1) is 10.5. The first-order valence-corrected chi connectivity index (χ1v) is 7.03. The van der Waals surface area contributed by atoms with E-state index in [2.05, 4.69) is 16.5 Å². The van der Waals surface area contributed by atoms with Crippen LogP contribution in [-0.4, -0.2) is 15.7 Å². The molecule has 5 nitrogen and oxygen atoms in total. The van der Waals surface area contributed by atoms with Gasteiger partial charge in [0, 0.05) is 24.4 Å². The Morgan fingerprint density at radius 2 is 2.14 bits per heavy atom. The highest BCUT2D eigenvalue weighted by molar-refractivity contribution is 6.31. The lowest BCUT2D eigenvalue weighted by Gasteiger charge is -2.02. The minimum Gasteiger partial charge on any atom is -0.323 e. The van der Waals surface area contributed by atoms with Gasteiger partial charge in [0.25, 0.3) is 0 Å². The maximum absolute atomic E-state index is 11.9. The molecule has 1 amide bonds. The molecule has 0 saturated heterocycles. The summed E-state index contributed by atoms with van der Waals surface area (Å²) in [4.78, 5) is 11.9. The summed E-state index contributed by atoms with van der Waals surface area (Å²) in [5.74, 6) is -0.257. The molecular formula is C16H15ClN4O. The molecule has 1 aromatic carbocycles. The predicted molar refractivity (Wildman–Crippen MR) is 86.4 cm³/mol. The van der Waals surface area contributed by atoms with Gasteiger partial charge < -0.3 is 5.32 Å². The molecule has 6 heteroatoms. The number of hydrogen-bond donors (Lipinski definition) is 1. The second-order valence-electron chi connectivity index (χ2n) is 4.77. The fraction of sp³-hybridized carbons (Fsp3) is 0.188. The summed E-state index contributed by atoms with van der Waals surface area (Å²) < 4.78 is 1.56. The normalized spacial score (nSPS) is 10.6. The third-order valence-corrected chi connectivity index (χ3v) is 3.55. The number of nitrogens with zero attached hydrogens (tertiary/aromatic N) is 3. The van der Waals surface area contributed by atoms with Crippen LogP contribution in [0.5, 0.6) is 0 Å². The Labute approximate surface area is 133 Å². The Balaban J connectivity index is 2.03. The van der Waals surface area contributed by atoms with Gasteiger partial charge in [0.2, 0.25) is 5.91 Å². The van der Waals surface area contributed by atoms with Crippen LogP contribution in [0, 0.1) is 18.3 Å². The Morgan fingerprint density at radius 1 is 1.45 bits per heavy atom. The molecule has 2 rings (SSSR count). The highest BCUT2D eigenvalue weighted by Crippen LogP contribution is 2.20. The molecule has 0 bridgehead atoms. The van der Waals surface area contributed by atoms with Crippen molar-refractivity contribution < 1.29 is 4.79 Å². The van der Waals surface area contributed by atoms with E-state index in [0.29, 0.717) is 17.3 Å². The molecule has 0 atom stereocenters. The number of nitriles is 1. The number of carbonyl (C=O) groups excluding carboxylic acids is 1. The van der Waals surface area contributed by atoms with Crippen molar-refractivity contribution in [2.24, 2.45) is 7.05 Å². The fourth-order valence-corrected chi connectivity index (χ4v) is 2.21. The number of benzene rings is 1. The standard InChI is InChI=1S/C16H15ClN4O/c1-11-14(16(17)21(2)20-11)7-8-15(22)19-13-5-3-12(4-6-13)9-10-18/h3-8H,9H2,1-2H3,(H,19,22)/b8-7+. The van der Waals surface area contributed by atoms with Gasteiger partial charge in [-0.15, -0.1) is 0 Å². The number of anilines is 1. The molecule has 0 fully saturated rings. The topological polar surface area (TPSA) is 70.7 Å². The van der Waals surface area contributed by atoms with E-state index in [9.17, 15) is 4.79 Å². The van der Waals surface area contributed by atoms with Crippen LogP contribution in [0.3, 0.4) is 0 Å². The Kier molecular flexibility index (Phi) is 4.97. The number of aryl methyl sites for hydroxylation is 2. The van der Waals surface area contributed by atoms with Crippen LogP contribution in [0.15, 0.2) is 30.3 Å². The third kappa shape index (κ3) is 3.74. The number of carbonyl (C=O) groups is 1. The summed E-state index contributed by atoms with van der Waals surface area (Å²) in [6.07, 6.45) is 3.41. The van der Waals surface area contributed by atoms with E-state index in [-0.39, 0.29) is 5.91 Å². The van der Waals surface area contributed by atoms with E-state index >= 15 is 0 Å². The van der Waals surface area contributed by atoms with Gasteiger partial charge in [0.15, 0.2) is 0 Å². The van der Waals surface area contributed by atoms with Crippen molar-refractivity contribution in [1.82, 2.24) is 9.78 Å². The minimum absolute atomic E-state index is 0.257. The number of halogens is 1. The molecule has 0 spiro atoms. The number of nitrogens with one attached hydrogen (secondary N) is 1. The van der Waals surface area contributed by atoms with Gasteiger partial charge in [0.1, 0.15) is 5.15 Å². The summed E-state index contributed by atoms with van der Waals surface area (Å²) >= 11 is 6.10. The van der Waals surface area contributed by atoms with Gasteiger partial charge >= 0.3 is 0 Å². The Bertz CT molecular complexity index is 754. The lowest BCUT2D eigenvalue weighted by atomic mass is 10.1. The van der Waals surface area contributed by atoms with Crippen molar-refractivity contribution in [3.8, 4) is 6.07 Å². The highest BCUT2D eigenvalue weighted by atomic mass is 35.5. The summed E-state index contributed by atoms with van der Waals surface area (Å²) in [7, 11) is 1.75. The highest BCUT2D eigenvalue weighted by Gasteiger charge is 2.08. The maximum Gasteiger partial charge on any atom is 0.248 e. The van der Waals surface area contributed by atoms with Crippen LogP contribution in [0.2, 0.25) is 5.15 Å². The summed E-state index contributed by atoms with van der Waals surface area (Å²) in [5, 5.41) is 16.0. The summed E-state index contributed by atoms with van der Waals surface area (Å²) in [6.45, 7) is 1.83. The van der Waals surface area contributed by atoms with Crippen LogP contribution in [0.25, 0.3) is 6.08 Å². The van der Waals surface area contributed by atoms with Crippen LogP contribution < -0.4 is 5.32 Å². The molecule has 1 N–H and O–H groups in total. The van der Waals surface area contributed by atoms with Gasteiger partial charge in [-0.2, -0.15) is 10.4 Å². The zero-order valence-corrected chi connectivity index (χ0v) is 13.1. The summed E-state index contributed by atoms with van der Waals surface area (Å²) in [6, 6.07) is 9.23. The maximum atomic E-state index is 11.9. The average molecular weight is 315 g/mol. The zero-order valence-electron chi connectivity index (χ0n) is 12.3. The van der Waals surface area contributed by atoms with Gasteiger partial charge in [-0.1, -0.05) is 23.7 Å². The van der Waals surface area contributed by atoms with Gasteiger partial charge in [-0.05, 0) is 30.7 Å². The van der Waals surface area contributed by atoms with E-state index in [4.69, 9.17) is 16.9 Å². The molecule has 0 aliphatic rings. The van der Waals surface area contributed by atoms with Crippen molar-refractivity contribution in [2.45, 2.75) is 13.3 Å². The van der Waals surface area contributed by atoms with Crippen LogP contribution >= 0.6 is 11.6 Å². The minimum atomic E-state index is -0.257. The number of rotatable bonds is 4. The van der Waals surface area contributed by atoms with Crippen LogP contribution in [0.1, 0.15) is 16.8 Å². The second kappa shape index (κ2) is 6.92. The molecular weight excluding hydrogens is 300 g/mol. The largest absolute Gasteiger partial charge is 0.323 e. The lowest BCUT2D eigenvalue weighted by molar-refractivity contribution is -0.111. The molecule has 22 heavy (non-hydrogen) atoms. The molecule has 2 aromatic rings. The monoisotopic (exact) mass is 314 g/mol. The van der Waals surface area contributed by atoms with Crippen LogP contribution in [-0.2, 0) is 18.3 Å². The molecule has 112 valence electrons. The smallest absolute Gasteiger partial charge is 0.248 e. The number of aromatic nitrogens is 2. The third-order valence-electron chi connectivity index (χ3n) is 3.10. The lowest BCUT2D eigenvalue weighted by Crippen LogP contribution is -2.07.